The van der Waals surface area contributed by atoms with E-state index < -0.39 is 6.04 Å². The number of nitriles is 1. The van der Waals surface area contributed by atoms with Gasteiger partial charge < -0.3 is 4.90 Å². The van der Waals surface area contributed by atoms with E-state index in [1.54, 1.807) is 12.1 Å². The maximum atomic E-state index is 13.1. The van der Waals surface area contributed by atoms with Gasteiger partial charge in [0.05, 0.1) is 6.07 Å². The number of hydrogen-bond donors (Lipinski definition) is 0. The van der Waals surface area contributed by atoms with Gasteiger partial charge in [-0.2, -0.15) is 5.26 Å². The van der Waals surface area contributed by atoms with Gasteiger partial charge in [-0.25, -0.2) is 4.39 Å². The molecule has 24 heavy (non-hydrogen) atoms. The highest BCUT2D eigenvalue weighted by atomic mass is 19.1. The zero-order chi connectivity index (χ0) is 16.9. The Morgan fingerprint density at radius 2 is 1.62 bits per heavy atom. The summed E-state index contributed by atoms with van der Waals surface area (Å²) in [6, 6.07) is 17.1. The zero-order valence-corrected chi connectivity index (χ0v) is 13.2. The van der Waals surface area contributed by atoms with Crippen LogP contribution in [0.25, 0.3) is 0 Å². The SMILES string of the molecule is N#C[C@@H](c1ccc(F)cc1)N1CCN(C(=O)c2ccccc2)CC1. The molecule has 0 aromatic heterocycles. The minimum absolute atomic E-state index is 0.0190. The van der Waals surface area contributed by atoms with Crippen LogP contribution in [0, 0.1) is 17.1 Å². The van der Waals surface area contributed by atoms with Crippen molar-refractivity contribution in [3.63, 3.8) is 0 Å². The summed E-state index contributed by atoms with van der Waals surface area (Å²) >= 11 is 0. The van der Waals surface area contributed by atoms with Gasteiger partial charge in [0.2, 0.25) is 0 Å². The van der Waals surface area contributed by atoms with Crippen molar-refractivity contribution in [1.82, 2.24) is 9.80 Å². The van der Waals surface area contributed by atoms with Crippen LogP contribution >= 0.6 is 0 Å². The van der Waals surface area contributed by atoms with E-state index in [1.807, 2.05) is 40.1 Å². The van der Waals surface area contributed by atoms with Crippen LogP contribution in [-0.4, -0.2) is 41.9 Å². The average molecular weight is 323 g/mol. The Balaban J connectivity index is 1.65. The lowest BCUT2D eigenvalue weighted by Gasteiger charge is -2.37. The van der Waals surface area contributed by atoms with Gasteiger partial charge >= 0.3 is 0 Å². The van der Waals surface area contributed by atoms with Crippen LogP contribution in [0.4, 0.5) is 4.39 Å². The van der Waals surface area contributed by atoms with Crippen LogP contribution in [0.2, 0.25) is 0 Å². The quantitative estimate of drug-likeness (QED) is 0.872. The molecule has 5 heteroatoms. The normalized spacial score (nSPS) is 16.4. The summed E-state index contributed by atoms with van der Waals surface area (Å²) < 4.78 is 13.1. The molecule has 0 N–H and O–H groups in total. The van der Waals surface area contributed by atoms with Crippen LogP contribution in [0.3, 0.4) is 0 Å². The first-order valence-corrected chi connectivity index (χ1v) is 7.92. The number of carbonyl (C=O) groups excluding carboxylic acids is 1. The van der Waals surface area contributed by atoms with E-state index in [0.717, 1.165) is 5.56 Å². The molecule has 122 valence electrons. The number of piperazine rings is 1. The van der Waals surface area contributed by atoms with Crippen LogP contribution in [0.5, 0.6) is 0 Å². The molecule has 2 aromatic carbocycles. The summed E-state index contributed by atoms with van der Waals surface area (Å²) in [6.07, 6.45) is 0. The lowest BCUT2D eigenvalue weighted by Crippen LogP contribution is -2.49. The topological polar surface area (TPSA) is 47.3 Å². The third-order valence-corrected chi connectivity index (χ3v) is 4.30. The summed E-state index contributed by atoms with van der Waals surface area (Å²) in [7, 11) is 0. The largest absolute Gasteiger partial charge is 0.336 e. The van der Waals surface area contributed by atoms with Crippen LogP contribution < -0.4 is 0 Å². The first-order chi connectivity index (χ1) is 11.7. The van der Waals surface area contributed by atoms with Crippen LogP contribution in [0.15, 0.2) is 54.6 Å². The first kappa shape index (κ1) is 16.2. The molecule has 1 amide bonds. The van der Waals surface area contributed by atoms with E-state index in [1.165, 1.54) is 12.1 Å². The Labute approximate surface area is 140 Å². The van der Waals surface area contributed by atoms with Crippen molar-refractivity contribution in [2.24, 2.45) is 0 Å². The van der Waals surface area contributed by atoms with Gasteiger partial charge in [0.1, 0.15) is 11.9 Å². The molecule has 4 nitrogen and oxygen atoms in total. The van der Waals surface area contributed by atoms with Gasteiger partial charge in [-0.1, -0.05) is 30.3 Å². The number of amides is 1. The highest BCUT2D eigenvalue weighted by Crippen LogP contribution is 2.22. The summed E-state index contributed by atoms with van der Waals surface area (Å²) in [6.45, 7) is 2.39. The molecule has 0 aliphatic carbocycles. The molecule has 0 radical (unpaired) electrons. The molecule has 0 spiro atoms. The molecule has 0 unspecified atom stereocenters. The molecule has 1 heterocycles. The minimum atomic E-state index is -0.417. The van der Waals surface area contributed by atoms with Crippen molar-refractivity contribution in [1.29, 1.82) is 5.26 Å². The highest BCUT2D eigenvalue weighted by Gasteiger charge is 2.27. The van der Waals surface area contributed by atoms with Crippen molar-refractivity contribution in [2.75, 3.05) is 26.2 Å². The van der Waals surface area contributed by atoms with Crippen molar-refractivity contribution in [2.45, 2.75) is 6.04 Å². The zero-order valence-electron chi connectivity index (χ0n) is 13.2. The van der Waals surface area contributed by atoms with Gasteiger partial charge in [-0.3, -0.25) is 9.69 Å². The molecule has 2 aromatic rings. The number of nitrogens with zero attached hydrogens (tertiary/aromatic N) is 3. The van der Waals surface area contributed by atoms with Crippen molar-refractivity contribution in [3.8, 4) is 6.07 Å². The van der Waals surface area contributed by atoms with Gasteiger partial charge in [0, 0.05) is 31.7 Å². The molecule has 1 aliphatic rings. The Kier molecular flexibility index (Phi) is 4.88. The second-order valence-corrected chi connectivity index (χ2v) is 5.78. The molecular formula is C19H18FN3O. The Bertz CT molecular complexity index is 731. The predicted octanol–water partition coefficient (Wildman–Crippen LogP) is 2.85. The number of rotatable bonds is 3. The van der Waals surface area contributed by atoms with Gasteiger partial charge in [-0.15, -0.1) is 0 Å². The molecule has 1 fully saturated rings. The summed E-state index contributed by atoms with van der Waals surface area (Å²) in [5.41, 5.74) is 1.46. The molecule has 1 aliphatic heterocycles. The Morgan fingerprint density at radius 3 is 2.21 bits per heavy atom. The van der Waals surface area contributed by atoms with Crippen LogP contribution in [-0.2, 0) is 0 Å². The van der Waals surface area contributed by atoms with E-state index in [9.17, 15) is 14.4 Å². The first-order valence-electron chi connectivity index (χ1n) is 7.92. The van der Waals surface area contributed by atoms with Crippen molar-refractivity contribution < 1.29 is 9.18 Å². The average Bonchev–Trinajstić information content (AvgIpc) is 2.64. The van der Waals surface area contributed by atoms with E-state index in [4.69, 9.17) is 0 Å². The van der Waals surface area contributed by atoms with Gasteiger partial charge in [0.15, 0.2) is 0 Å². The van der Waals surface area contributed by atoms with Crippen molar-refractivity contribution in [3.05, 3.63) is 71.5 Å². The standard InChI is InChI=1S/C19H18FN3O/c20-17-8-6-15(7-9-17)18(14-21)22-10-12-23(13-11-22)19(24)16-4-2-1-3-5-16/h1-9,18H,10-13H2/t18-/m0/s1. The second-order valence-electron chi connectivity index (χ2n) is 5.78. The fourth-order valence-corrected chi connectivity index (χ4v) is 2.96. The monoisotopic (exact) mass is 323 g/mol. The van der Waals surface area contributed by atoms with Crippen molar-refractivity contribution >= 4 is 5.91 Å². The highest BCUT2D eigenvalue weighted by molar-refractivity contribution is 5.94. The number of halogens is 1. The predicted molar refractivity (Wildman–Crippen MR) is 88.7 cm³/mol. The summed E-state index contributed by atoms with van der Waals surface area (Å²) in [5.74, 6) is -0.292. The fourth-order valence-electron chi connectivity index (χ4n) is 2.96. The maximum Gasteiger partial charge on any atom is 0.253 e. The molecule has 0 saturated carbocycles. The van der Waals surface area contributed by atoms with E-state index in [-0.39, 0.29) is 11.7 Å². The number of carbonyl (C=O) groups is 1. The Morgan fingerprint density at radius 1 is 1.00 bits per heavy atom. The van der Waals surface area contributed by atoms with E-state index in [0.29, 0.717) is 31.7 Å². The fraction of sp³-hybridized carbons (Fsp3) is 0.263. The lowest BCUT2D eigenvalue weighted by atomic mass is 10.1. The van der Waals surface area contributed by atoms with Crippen LogP contribution in [0.1, 0.15) is 22.0 Å². The molecule has 1 saturated heterocycles. The maximum absolute atomic E-state index is 13.1. The Hall–Kier alpha value is -2.71. The number of benzene rings is 2. The third kappa shape index (κ3) is 3.44. The smallest absolute Gasteiger partial charge is 0.253 e. The third-order valence-electron chi connectivity index (χ3n) is 4.30. The lowest BCUT2D eigenvalue weighted by molar-refractivity contribution is 0.0606. The molecule has 0 bridgehead atoms. The number of hydrogen-bond acceptors (Lipinski definition) is 3. The van der Waals surface area contributed by atoms with E-state index in [2.05, 4.69) is 6.07 Å². The minimum Gasteiger partial charge on any atom is -0.336 e. The summed E-state index contributed by atoms with van der Waals surface area (Å²) in [4.78, 5) is 16.3. The molecular weight excluding hydrogens is 305 g/mol. The molecule has 3 rings (SSSR count). The molecule has 1 atom stereocenters. The van der Waals surface area contributed by atoms with Gasteiger partial charge in [-0.05, 0) is 29.8 Å². The van der Waals surface area contributed by atoms with E-state index >= 15 is 0 Å². The second kappa shape index (κ2) is 7.24. The van der Waals surface area contributed by atoms with Gasteiger partial charge in [0.25, 0.3) is 5.91 Å². The summed E-state index contributed by atoms with van der Waals surface area (Å²) in [5, 5.41) is 9.49.